The lowest BCUT2D eigenvalue weighted by Gasteiger charge is -2.22. The van der Waals surface area contributed by atoms with Gasteiger partial charge in [0.15, 0.2) is 0 Å². The van der Waals surface area contributed by atoms with Crippen molar-refractivity contribution in [1.82, 2.24) is 15.5 Å². The van der Waals surface area contributed by atoms with Crippen molar-refractivity contribution < 1.29 is 4.42 Å². The molecule has 1 heterocycles. The Hall–Kier alpha value is -1.68. The van der Waals surface area contributed by atoms with Gasteiger partial charge in [0.05, 0.1) is 5.92 Å². The fourth-order valence-electron chi connectivity index (χ4n) is 2.89. The third-order valence-corrected chi connectivity index (χ3v) is 3.92. The number of benzene rings is 1. The number of aryl methyl sites for hydroxylation is 1. The topological polar surface area (TPSA) is 51.0 Å². The van der Waals surface area contributed by atoms with Gasteiger partial charge in [-0.2, -0.15) is 0 Å². The van der Waals surface area contributed by atoms with Crippen molar-refractivity contribution in [1.29, 1.82) is 0 Å². The van der Waals surface area contributed by atoms with Crippen LogP contribution in [0.1, 0.15) is 48.6 Å². The zero-order chi connectivity index (χ0) is 13.8. The minimum Gasteiger partial charge on any atom is -0.425 e. The first-order valence-electron chi connectivity index (χ1n) is 7.49. The molecule has 0 bridgehead atoms. The van der Waals surface area contributed by atoms with E-state index in [1.54, 1.807) is 0 Å². The number of fused-ring (bicyclic) bond motifs is 1. The molecule has 4 nitrogen and oxygen atoms in total. The molecule has 1 unspecified atom stereocenters. The summed E-state index contributed by atoms with van der Waals surface area (Å²) in [6, 6.07) is 8.61. The van der Waals surface area contributed by atoms with Gasteiger partial charge in [-0.1, -0.05) is 31.2 Å². The van der Waals surface area contributed by atoms with Crippen molar-refractivity contribution in [3.63, 3.8) is 0 Å². The lowest BCUT2D eigenvalue weighted by Crippen LogP contribution is -2.16. The summed E-state index contributed by atoms with van der Waals surface area (Å²) in [5, 5.41) is 11.7. The Bertz CT molecular complexity index is 564. The van der Waals surface area contributed by atoms with Gasteiger partial charge in [-0.25, -0.2) is 0 Å². The highest BCUT2D eigenvalue weighted by molar-refractivity contribution is 5.35. The van der Waals surface area contributed by atoms with E-state index in [2.05, 4.69) is 46.7 Å². The molecule has 1 aromatic heterocycles. The van der Waals surface area contributed by atoms with Crippen LogP contribution in [-0.2, 0) is 12.8 Å². The summed E-state index contributed by atoms with van der Waals surface area (Å²) in [6.45, 7) is 3.95. The zero-order valence-corrected chi connectivity index (χ0v) is 11.9. The normalized spacial score (nSPS) is 17.9. The summed E-state index contributed by atoms with van der Waals surface area (Å²) in [5.74, 6) is 1.80. The van der Waals surface area contributed by atoms with E-state index in [9.17, 15) is 0 Å². The molecule has 20 heavy (non-hydrogen) atoms. The first-order valence-corrected chi connectivity index (χ1v) is 7.49. The molecule has 0 radical (unpaired) electrons. The highest BCUT2D eigenvalue weighted by Gasteiger charge is 2.25. The SMILES string of the molecule is CCNCCc1nnc(C2CCCc3ccccc32)o1. The molecule has 2 aromatic rings. The fraction of sp³-hybridized carbons (Fsp3) is 0.500. The average molecular weight is 271 g/mol. The molecule has 1 aromatic carbocycles. The maximum Gasteiger partial charge on any atom is 0.224 e. The van der Waals surface area contributed by atoms with Crippen LogP contribution in [0.15, 0.2) is 28.7 Å². The molecule has 3 rings (SSSR count). The molecule has 1 aliphatic carbocycles. The van der Waals surface area contributed by atoms with Crippen molar-refractivity contribution in [2.75, 3.05) is 13.1 Å². The lowest BCUT2D eigenvalue weighted by molar-refractivity contribution is 0.411. The lowest BCUT2D eigenvalue weighted by atomic mass is 9.83. The summed E-state index contributed by atoms with van der Waals surface area (Å²) in [4.78, 5) is 0. The number of aromatic nitrogens is 2. The van der Waals surface area contributed by atoms with Crippen LogP contribution in [0.2, 0.25) is 0 Å². The van der Waals surface area contributed by atoms with E-state index < -0.39 is 0 Å². The second kappa shape index (κ2) is 6.18. The second-order valence-corrected chi connectivity index (χ2v) is 5.28. The van der Waals surface area contributed by atoms with Crippen LogP contribution in [0, 0.1) is 0 Å². The standard InChI is InChI=1S/C16H21N3O/c1-2-17-11-10-15-18-19-16(20-15)14-9-5-7-12-6-3-4-8-13(12)14/h3-4,6,8,14,17H,2,5,7,9-11H2,1H3. The van der Waals surface area contributed by atoms with Gasteiger partial charge in [0.25, 0.3) is 0 Å². The van der Waals surface area contributed by atoms with Gasteiger partial charge < -0.3 is 9.73 Å². The van der Waals surface area contributed by atoms with Crippen LogP contribution in [0.3, 0.4) is 0 Å². The number of rotatable bonds is 5. The molecule has 0 saturated heterocycles. The molecule has 0 spiro atoms. The molecule has 1 atom stereocenters. The first kappa shape index (κ1) is 13.3. The van der Waals surface area contributed by atoms with Gasteiger partial charge >= 0.3 is 0 Å². The van der Waals surface area contributed by atoms with Crippen molar-refractivity contribution >= 4 is 0 Å². The molecule has 0 saturated carbocycles. The Labute approximate surface area is 119 Å². The van der Waals surface area contributed by atoms with E-state index in [1.165, 1.54) is 17.5 Å². The highest BCUT2D eigenvalue weighted by atomic mass is 16.4. The molecule has 4 heteroatoms. The maximum atomic E-state index is 5.86. The Kier molecular flexibility index (Phi) is 4.11. The molecule has 106 valence electrons. The summed E-state index contributed by atoms with van der Waals surface area (Å²) < 4.78 is 5.86. The number of likely N-dealkylation sites (N-methyl/N-ethyl adjacent to an activating group) is 1. The third-order valence-electron chi connectivity index (χ3n) is 3.92. The Morgan fingerprint density at radius 3 is 3.10 bits per heavy atom. The van der Waals surface area contributed by atoms with Crippen LogP contribution in [0.5, 0.6) is 0 Å². The predicted molar refractivity (Wildman–Crippen MR) is 77.8 cm³/mol. The number of nitrogens with one attached hydrogen (secondary N) is 1. The highest BCUT2D eigenvalue weighted by Crippen LogP contribution is 2.35. The molecule has 0 amide bonds. The van der Waals surface area contributed by atoms with Gasteiger partial charge in [0.1, 0.15) is 0 Å². The fourth-order valence-corrected chi connectivity index (χ4v) is 2.89. The Balaban J connectivity index is 1.77. The predicted octanol–water partition coefficient (Wildman–Crippen LogP) is 2.69. The third kappa shape index (κ3) is 2.75. The van der Waals surface area contributed by atoms with E-state index in [-0.39, 0.29) is 5.92 Å². The van der Waals surface area contributed by atoms with Crippen LogP contribution in [0.4, 0.5) is 0 Å². The van der Waals surface area contributed by atoms with Crippen molar-refractivity contribution in [3.8, 4) is 0 Å². The molecular formula is C16H21N3O. The van der Waals surface area contributed by atoms with Crippen molar-refractivity contribution in [3.05, 3.63) is 47.2 Å². The number of hydrogen-bond acceptors (Lipinski definition) is 4. The van der Waals surface area contributed by atoms with E-state index >= 15 is 0 Å². The Morgan fingerprint density at radius 2 is 2.20 bits per heavy atom. The van der Waals surface area contributed by atoms with E-state index in [4.69, 9.17) is 4.42 Å². The zero-order valence-electron chi connectivity index (χ0n) is 11.9. The summed E-state index contributed by atoms with van der Waals surface area (Å²) in [5.41, 5.74) is 2.79. The quantitative estimate of drug-likeness (QED) is 0.849. The van der Waals surface area contributed by atoms with Gasteiger partial charge in [0.2, 0.25) is 11.8 Å². The molecule has 1 aliphatic rings. The maximum absolute atomic E-state index is 5.86. The van der Waals surface area contributed by atoms with E-state index in [0.29, 0.717) is 0 Å². The van der Waals surface area contributed by atoms with Crippen molar-refractivity contribution in [2.45, 2.75) is 38.5 Å². The van der Waals surface area contributed by atoms with Gasteiger partial charge in [-0.15, -0.1) is 10.2 Å². The van der Waals surface area contributed by atoms with E-state index in [1.807, 2.05) is 0 Å². The van der Waals surface area contributed by atoms with Crippen LogP contribution < -0.4 is 5.32 Å². The molecule has 0 fully saturated rings. The number of nitrogens with zero attached hydrogens (tertiary/aromatic N) is 2. The van der Waals surface area contributed by atoms with Gasteiger partial charge in [-0.05, 0) is 36.9 Å². The number of hydrogen-bond donors (Lipinski definition) is 1. The summed E-state index contributed by atoms with van der Waals surface area (Å²) in [7, 11) is 0. The summed E-state index contributed by atoms with van der Waals surface area (Å²) >= 11 is 0. The Morgan fingerprint density at radius 1 is 1.30 bits per heavy atom. The first-order chi connectivity index (χ1) is 9.88. The summed E-state index contributed by atoms with van der Waals surface area (Å²) in [6.07, 6.45) is 4.26. The second-order valence-electron chi connectivity index (χ2n) is 5.28. The molecule has 1 N–H and O–H groups in total. The minimum atomic E-state index is 0.278. The molecule has 0 aliphatic heterocycles. The minimum absolute atomic E-state index is 0.278. The van der Waals surface area contributed by atoms with Crippen LogP contribution in [-0.4, -0.2) is 23.3 Å². The molecular weight excluding hydrogens is 250 g/mol. The average Bonchev–Trinajstić information content (AvgIpc) is 2.96. The monoisotopic (exact) mass is 271 g/mol. The van der Waals surface area contributed by atoms with Crippen molar-refractivity contribution in [2.24, 2.45) is 0 Å². The van der Waals surface area contributed by atoms with Crippen LogP contribution >= 0.6 is 0 Å². The smallest absolute Gasteiger partial charge is 0.224 e. The largest absolute Gasteiger partial charge is 0.425 e. The van der Waals surface area contributed by atoms with Gasteiger partial charge in [0, 0.05) is 13.0 Å². The van der Waals surface area contributed by atoms with E-state index in [0.717, 1.165) is 44.1 Å². The van der Waals surface area contributed by atoms with Crippen LogP contribution in [0.25, 0.3) is 0 Å². The van der Waals surface area contributed by atoms with Gasteiger partial charge in [-0.3, -0.25) is 0 Å².